The molecule has 74 valence electrons. The second-order valence-corrected chi connectivity index (χ2v) is 4.23. The molecule has 1 aliphatic rings. The number of carbonyl (C=O) groups excluding carboxylic acids is 1. The van der Waals surface area contributed by atoms with Crippen LogP contribution in [-0.2, 0) is 9.53 Å². The normalized spacial score (nSPS) is 20.9. The van der Waals surface area contributed by atoms with Gasteiger partial charge in [-0.3, -0.25) is 4.79 Å². The maximum Gasteiger partial charge on any atom is 0.227 e. The summed E-state index contributed by atoms with van der Waals surface area (Å²) >= 11 is 1.58. The molecule has 14 heavy (non-hydrogen) atoms. The van der Waals surface area contributed by atoms with E-state index in [2.05, 4.69) is 5.32 Å². The summed E-state index contributed by atoms with van der Waals surface area (Å²) < 4.78 is 5.20. The minimum absolute atomic E-state index is 0.00861. The summed E-state index contributed by atoms with van der Waals surface area (Å²) in [5.41, 5.74) is 0.792. The number of hydrogen-bond donors (Lipinski definition) is 1. The zero-order valence-corrected chi connectivity index (χ0v) is 8.64. The highest BCUT2D eigenvalue weighted by atomic mass is 32.2. The Balaban J connectivity index is 2.32. The van der Waals surface area contributed by atoms with Crippen molar-refractivity contribution in [2.45, 2.75) is 16.8 Å². The van der Waals surface area contributed by atoms with Gasteiger partial charge in [0, 0.05) is 12.0 Å². The fraction of sp³-hybridized carbons (Fsp3) is 0.300. The first-order valence-electron chi connectivity index (χ1n) is 4.38. The topological polar surface area (TPSA) is 38.3 Å². The lowest BCUT2D eigenvalue weighted by atomic mass is 10.3. The fourth-order valence-electron chi connectivity index (χ4n) is 1.34. The van der Waals surface area contributed by atoms with Crippen LogP contribution in [0.1, 0.15) is 6.42 Å². The number of nitrogens with one attached hydrogen (secondary N) is 1. The van der Waals surface area contributed by atoms with Crippen LogP contribution in [-0.4, -0.2) is 18.5 Å². The molecule has 1 aromatic carbocycles. The maximum atomic E-state index is 11.4. The van der Waals surface area contributed by atoms with Gasteiger partial charge in [0.15, 0.2) is 0 Å². The van der Waals surface area contributed by atoms with Crippen molar-refractivity contribution in [1.82, 2.24) is 0 Å². The molecule has 1 atom stereocenters. The van der Waals surface area contributed by atoms with Crippen LogP contribution in [0, 0.1) is 0 Å². The van der Waals surface area contributed by atoms with Gasteiger partial charge < -0.3 is 10.1 Å². The lowest BCUT2D eigenvalue weighted by Gasteiger charge is -2.09. The Labute approximate surface area is 86.8 Å². The lowest BCUT2D eigenvalue weighted by molar-refractivity contribution is -0.117. The molecule has 0 bridgehead atoms. The number of ether oxygens (including phenoxy) is 1. The van der Waals surface area contributed by atoms with Crippen LogP contribution in [0.5, 0.6) is 0 Å². The van der Waals surface area contributed by atoms with Crippen LogP contribution >= 0.6 is 11.8 Å². The van der Waals surface area contributed by atoms with E-state index in [4.69, 9.17) is 4.74 Å². The fourth-order valence-corrected chi connectivity index (χ4v) is 2.36. The highest BCUT2D eigenvalue weighted by Gasteiger charge is 2.20. The predicted octanol–water partition coefficient (Wildman–Crippen LogP) is 2.09. The number of methoxy groups -OCH3 is 1. The predicted molar refractivity (Wildman–Crippen MR) is 56.3 cm³/mol. The molecule has 0 saturated carbocycles. The van der Waals surface area contributed by atoms with Crippen molar-refractivity contribution >= 4 is 23.4 Å². The molecule has 1 unspecified atom stereocenters. The van der Waals surface area contributed by atoms with Crippen LogP contribution in [0.15, 0.2) is 29.2 Å². The largest absolute Gasteiger partial charge is 0.370 e. The zero-order valence-electron chi connectivity index (χ0n) is 7.82. The van der Waals surface area contributed by atoms with Crippen LogP contribution in [0.25, 0.3) is 0 Å². The third kappa shape index (κ3) is 1.91. The van der Waals surface area contributed by atoms with E-state index in [9.17, 15) is 4.79 Å². The number of carbonyl (C=O) groups is 1. The number of amides is 1. The summed E-state index contributed by atoms with van der Waals surface area (Å²) in [5, 5.41) is 2.85. The van der Waals surface area contributed by atoms with E-state index in [1.54, 1.807) is 18.9 Å². The van der Waals surface area contributed by atoms with E-state index < -0.39 is 0 Å². The summed E-state index contributed by atoms with van der Waals surface area (Å²) in [7, 11) is 1.62. The summed E-state index contributed by atoms with van der Waals surface area (Å²) in [6, 6.07) is 7.75. The number of thioether (sulfide) groups is 1. The van der Waals surface area contributed by atoms with Crippen molar-refractivity contribution < 1.29 is 9.53 Å². The standard InChI is InChI=1S/C10H11NO2S/c1-13-10-6-9(12)11-7-4-2-3-5-8(7)14-10/h2-5,10H,6H2,1H3,(H,11,12). The Kier molecular flexibility index (Phi) is 2.74. The summed E-state index contributed by atoms with van der Waals surface area (Å²) in [6.45, 7) is 0. The SMILES string of the molecule is COC1CC(=O)Nc2ccccc2S1. The van der Waals surface area contributed by atoms with Crippen molar-refractivity contribution in [1.29, 1.82) is 0 Å². The third-order valence-corrected chi connectivity index (χ3v) is 3.27. The number of hydrogen-bond acceptors (Lipinski definition) is 3. The van der Waals surface area contributed by atoms with Crippen LogP contribution < -0.4 is 5.32 Å². The first-order valence-corrected chi connectivity index (χ1v) is 5.26. The van der Waals surface area contributed by atoms with Gasteiger partial charge in [-0.15, -0.1) is 0 Å². The first-order chi connectivity index (χ1) is 6.79. The van der Waals surface area contributed by atoms with Gasteiger partial charge in [-0.05, 0) is 12.1 Å². The average molecular weight is 209 g/mol. The van der Waals surface area contributed by atoms with Gasteiger partial charge in [0.25, 0.3) is 0 Å². The minimum Gasteiger partial charge on any atom is -0.370 e. The van der Waals surface area contributed by atoms with Gasteiger partial charge in [0.05, 0.1) is 12.1 Å². The molecule has 1 heterocycles. The van der Waals surface area contributed by atoms with Gasteiger partial charge >= 0.3 is 0 Å². The minimum atomic E-state index is -0.0846. The molecule has 1 aromatic rings. The summed E-state index contributed by atoms with van der Waals surface area (Å²) in [4.78, 5) is 12.5. The summed E-state index contributed by atoms with van der Waals surface area (Å²) in [6.07, 6.45) is 0.399. The van der Waals surface area contributed by atoms with Crippen LogP contribution in [0.3, 0.4) is 0 Å². The highest BCUT2D eigenvalue weighted by Crippen LogP contribution is 2.34. The number of anilines is 1. The molecule has 0 fully saturated rings. The third-order valence-electron chi connectivity index (χ3n) is 2.03. The second kappa shape index (κ2) is 4.02. The first kappa shape index (κ1) is 9.55. The Morgan fingerprint density at radius 3 is 3.07 bits per heavy atom. The van der Waals surface area contributed by atoms with Gasteiger partial charge in [-0.2, -0.15) is 0 Å². The van der Waals surface area contributed by atoms with E-state index in [0.717, 1.165) is 10.6 Å². The van der Waals surface area contributed by atoms with Crippen molar-refractivity contribution in [2.75, 3.05) is 12.4 Å². The molecular weight excluding hydrogens is 198 g/mol. The quantitative estimate of drug-likeness (QED) is 0.769. The van der Waals surface area contributed by atoms with Gasteiger partial charge in [-0.1, -0.05) is 23.9 Å². The van der Waals surface area contributed by atoms with Crippen molar-refractivity contribution in [3.8, 4) is 0 Å². The number of benzene rings is 1. The number of fused-ring (bicyclic) bond motifs is 1. The monoisotopic (exact) mass is 209 g/mol. The zero-order chi connectivity index (χ0) is 9.97. The van der Waals surface area contributed by atoms with E-state index in [1.807, 2.05) is 24.3 Å². The number of rotatable bonds is 1. The second-order valence-electron chi connectivity index (χ2n) is 3.03. The van der Waals surface area contributed by atoms with Crippen LogP contribution in [0.2, 0.25) is 0 Å². The molecule has 0 saturated heterocycles. The van der Waals surface area contributed by atoms with Gasteiger partial charge in [0.1, 0.15) is 5.44 Å². The van der Waals surface area contributed by atoms with E-state index in [-0.39, 0.29) is 11.3 Å². The Bertz CT molecular complexity index is 354. The maximum absolute atomic E-state index is 11.4. The van der Waals surface area contributed by atoms with E-state index in [0.29, 0.717) is 6.42 Å². The lowest BCUT2D eigenvalue weighted by Crippen LogP contribution is -2.16. The Morgan fingerprint density at radius 2 is 2.29 bits per heavy atom. The smallest absolute Gasteiger partial charge is 0.227 e. The van der Waals surface area contributed by atoms with E-state index in [1.165, 1.54) is 0 Å². The molecular formula is C10H11NO2S. The number of para-hydroxylation sites is 1. The van der Waals surface area contributed by atoms with Crippen molar-refractivity contribution in [2.24, 2.45) is 0 Å². The summed E-state index contributed by atoms with van der Waals surface area (Å²) in [5.74, 6) is 0.00861. The van der Waals surface area contributed by atoms with Crippen molar-refractivity contribution in [3.05, 3.63) is 24.3 Å². The molecule has 1 amide bonds. The Hall–Kier alpha value is -1.00. The molecule has 2 rings (SSSR count). The molecule has 4 heteroatoms. The molecule has 3 nitrogen and oxygen atoms in total. The molecule has 0 aliphatic carbocycles. The molecule has 0 spiro atoms. The van der Waals surface area contributed by atoms with E-state index >= 15 is 0 Å². The van der Waals surface area contributed by atoms with Crippen LogP contribution in [0.4, 0.5) is 5.69 Å². The van der Waals surface area contributed by atoms with Gasteiger partial charge in [0.2, 0.25) is 5.91 Å². The van der Waals surface area contributed by atoms with Gasteiger partial charge in [-0.25, -0.2) is 0 Å². The molecule has 0 aromatic heterocycles. The molecule has 0 radical (unpaired) electrons. The van der Waals surface area contributed by atoms with Crippen molar-refractivity contribution in [3.63, 3.8) is 0 Å². The molecule has 1 N–H and O–H groups in total. The molecule has 1 aliphatic heterocycles. The highest BCUT2D eigenvalue weighted by molar-refractivity contribution is 8.00. The Morgan fingerprint density at radius 1 is 1.50 bits per heavy atom. The average Bonchev–Trinajstić information content (AvgIpc) is 2.35.